The molecule has 0 unspecified atom stereocenters. The number of nitrogens with zero attached hydrogens (tertiary/aromatic N) is 2. The number of ether oxygens (including phenoxy) is 2. The van der Waals surface area contributed by atoms with Crippen LogP contribution in [0.1, 0.15) is 26.2 Å². The molecular formula is C18H28Cl2N2O3. The van der Waals surface area contributed by atoms with E-state index in [1.807, 2.05) is 31.2 Å². The fraction of sp³-hybridized carbons (Fsp3) is 0.611. The summed E-state index contributed by atoms with van der Waals surface area (Å²) in [6.07, 6.45) is 3.16. The van der Waals surface area contributed by atoms with Crippen molar-refractivity contribution in [2.75, 3.05) is 45.9 Å². The molecule has 0 aliphatic carbocycles. The number of carbonyl (C=O) groups is 1. The second-order valence-corrected chi connectivity index (χ2v) is 6.33. The van der Waals surface area contributed by atoms with Crippen molar-refractivity contribution < 1.29 is 14.3 Å². The van der Waals surface area contributed by atoms with Gasteiger partial charge in [-0.3, -0.25) is 4.90 Å². The number of halogens is 2. The fourth-order valence-corrected chi connectivity index (χ4v) is 2.83. The van der Waals surface area contributed by atoms with Gasteiger partial charge in [-0.2, -0.15) is 0 Å². The number of carbonyl (C=O) groups excluding carboxylic acids is 1. The predicted molar refractivity (Wildman–Crippen MR) is 103 cm³/mol. The first-order valence-electron chi connectivity index (χ1n) is 8.71. The van der Waals surface area contributed by atoms with Crippen LogP contribution in [0.15, 0.2) is 24.3 Å². The van der Waals surface area contributed by atoms with Crippen molar-refractivity contribution in [2.45, 2.75) is 26.2 Å². The maximum Gasteiger partial charge on any atom is 0.409 e. The van der Waals surface area contributed by atoms with E-state index in [1.54, 1.807) is 4.90 Å². The van der Waals surface area contributed by atoms with Gasteiger partial charge in [-0.1, -0.05) is 11.6 Å². The molecule has 1 fully saturated rings. The van der Waals surface area contributed by atoms with Crippen LogP contribution in [-0.4, -0.2) is 61.8 Å². The molecule has 7 heteroatoms. The quantitative estimate of drug-likeness (QED) is 0.626. The summed E-state index contributed by atoms with van der Waals surface area (Å²) in [7, 11) is 0. The lowest BCUT2D eigenvalue weighted by Crippen LogP contribution is -2.49. The average Bonchev–Trinajstić information content (AvgIpc) is 2.60. The highest BCUT2D eigenvalue weighted by atomic mass is 35.5. The first-order chi connectivity index (χ1) is 11.7. The molecule has 5 nitrogen and oxygen atoms in total. The zero-order chi connectivity index (χ0) is 17.2. The van der Waals surface area contributed by atoms with E-state index in [2.05, 4.69) is 4.90 Å². The number of amides is 1. The van der Waals surface area contributed by atoms with Crippen molar-refractivity contribution in [2.24, 2.45) is 0 Å². The highest BCUT2D eigenvalue weighted by molar-refractivity contribution is 6.30. The van der Waals surface area contributed by atoms with Crippen LogP contribution in [0.25, 0.3) is 0 Å². The van der Waals surface area contributed by atoms with Crippen molar-refractivity contribution in [1.29, 1.82) is 0 Å². The van der Waals surface area contributed by atoms with Gasteiger partial charge in [-0.15, -0.1) is 12.4 Å². The Morgan fingerprint density at radius 1 is 1.08 bits per heavy atom. The molecule has 1 aliphatic rings. The van der Waals surface area contributed by atoms with Crippen LogP contribution < -0.4 is 4.74 Å². The van der Waals surface area contributed by atoms with Crippen LogP contribution in [0.4, 0.5) is 4.79 Å². The van der Waals surface area contributed by atoms with Gasteiger partial charge in [0.1, 0.15) is 5.75 Å². The van der Waals surface area contributed by atoms with Crippen LogP contribution >= 0.6 is 24.0 Å². The Morgan fingerprint density at radius 3 is 2.40 bits per heavy atom. The second-order valence-electron chi connectivity index (χ2n) is 5.89. The summed E-state index contributed by atoms with van der Waals surface area (Å²) in [5.41, 5.74) is 0. The Morgan fingerprint density at radius 2 is 1.76 bits per heavy atom. The third-order valence-electron chi connectivity index (χ3n) is 4.10. The standard InChI is InChI=1S/C18H27ClN2O3.ClH/c1-2-23-18(22)21-13-11-20(12-14-21)10-4-3-5-15-24-17-8-6-16(19)7-9-17;/h6-9H,2-5,10-15H2,1H3;1H. The lowest BCUT2D eigenvalue weighted by molar-refractivity contribution is 0.0791. The number of piperazine rings is 1. The Balaban J connectivity index is 0.00000312. The normalized spacial score (nSPS) is 14.7. The predicted octanol–water partition coefficient (Wildman–Crippen LogP) is 4.09. The van der Waals surface area contributed by atoms with Crippen LogP contribution in [0.5, 0.6) is 5.75 Å². The minimum absolute atomic E-state index is 0. The van der Waals surface area contributed by atoms with Crippen LogP contribution in [0.3, 0.4) is 0 Å². The molecule has 1 heterocycles. The van der Waals surface area contributed by atoms with Crippen LogP contribution in [-0.2, 0) is 4.74 Å². The zero-order valence-corrected chi connectivity index (χ0v) is 16.4. The minimum Gasteiger partial charge on any atom is -0.494 e. The summed E-state index contributed by atoms with van der Waals surface area (Å²) in [4.78, 5) is 15.8. The SMILES string of the molecule is CCOC(=O)N1CCN(CCCCCOc2ccc(Cl)cc2)CC1.Cl. The second kappa shape index (κ2) is 12.2. The third-order valence-corrected chi connectivity index (χ3v) is 4.35. The van der Waals surface area contributed by atoms with Gasteiger partial charge in [-0.25, -0.2) is 4.79 Å². The van der Waals surface area contributed by atoms with Crippen LogP contribution in [0.2, 0.25) is 5.02 Å². The number of hydrogen-bond donors (Lipinski definition) is 0. The van der Waals surface area contributed by atoms with E-state index in [9.17, 15) is 4.79 Å². The molecule has 1 aromatic rings. The van der Waals surface area contributed by atoms with E-state index < -0.39 is 0 Å². The molecule has 0 radical (unpaired) electrons. The van der Waals surface area contributed by atoms with Crippen molar-refractivity contribution >= 4 is 30.1 Å². The molecule has 1 aliphatic heterocycles. The maximum atomic E-state index is 11.6. The van der Waals surface area contributed by atoms with E-state index in [-0.39, 0.29) is 18.5 Å². The van der Waals surface area contributed by atoms with E-state index >= 15 is 0 Å². The Kier molecular flexibility index (Phi) is 10.7. The molecule has 0 bridgehead atoms. The lowest BCUT2D eigenvalue weighted by atomic mass is 10.2. The summed E-state index contributed by atoms with van der Waals surface area (Å²) in [5.74, 6) is 0.870. The highest BCUT2D eigenvalue weighted by Gasteiger charge is 2.21. The number of rotatable bonds is 8. The Hall–Kier alpha value is -1.17. The van der Waals surface area contributed by atoms with Crippen LogP contribution in [0, 0.1) is 0 Å². The monoisotopic (exact) mass is 390 g/mol. The molecule has 0 atom stereocenters. The topological polar surface area (TPSA) is 42.0 Å². The van der Waals surface area contributed by atoms with E-state index in [0.29, 0.717) is 6.61 Å². The molecule has 0 spiro atoms. The zero-order valence-electron chi connectivity index (χ0n) is 14.8. The molecule has 1 saturated heterocycles. The van der Waals surface area contributed by atoms with Gasteiger partial charge in [0.05, 0.1) is 13.2 Å². The van der Waals surface area contributed by atoms with Gasteiger partial charge in [0.15, 0.2) is 0 Å². The molecule has 1 amide bonds. The number of unbranched alkanes of at least 4 members (excludes halogenated alkanes) is 2. The molecule has 0 N–H and O–H groups in total. The van der Waals surface area contributed by atoms with Gasteiger partial charge < -0.3 is 14.4 Å². The minimum atomic E-state index is -0.184. The Labute approximate surface area is 161 Å². The van der Waals surface area contributed by atoms with Gasteiger partial charge in [0.25, 0.3) is 0 Å². The lowest BCUT2D eigenvalue weighted by Gasteiger charge is -2.34. The summed E-state index contributed by atoms with van der Waals surface area (Å²) in [6.45, 7) is 7.48. The van der Waals surface area contributed by atoms with Gasteiger partial charge >= 0.3 is 6.09 Å². The first kappa shape index (κ1) is 21.9. The molecule has 25 heavy (non-hydrogen) atoms. The van der Waals surface area contributed by atoms with E-state index in [4.69, 9.17) is 21.1 Å². The molecule has 0 aromatic heterocycles. The molecule has 142 valence electrons. The fourth-order valence-electron chi connectivity index (χ4n) is 2.70. The molecule has 2 rings (SSSR count). The molecular weight excluding hydrogens is 363 g/mol. The highest BCUT2D eigenvalue weighted by Crippen LogP contribution is 2.16. The largest absolute Gasteiger partial charge is 0.494 e. The van der Waals surface area contributed by atoms with Gasteiger partial charge in [0.2, 0.25) is 0 Å². The Bertz CT molecular complexity index is 492. The summed E-state index contributed by atoms with van der Waals surface area (Å²) in [5, 5.41) is 0.727. The first-order valence-corrected chi connectivity index (χ1v) is 9.09. The van der Waals surface area contributed by atoms with E-state index in [1.165, 1.54) is 0 Å². The van der Waals surface area contributed by atoms with Gasteiger partial charge in [-0.05, 0) is 57.0 Å². The van der Waals surface area contributed by atoms with Crippen molar-refractivity contribution in [1.82, 2.24) is 9.80 Å². The van der Waals surface area contributed by atoms with Crippen molar-refractivity contribution in [3.63, 3.8) is 0 Å². The maximum absolute atomic E-state index is 11.6. The summed E-state index contributed by atoms with van der Waals surface area (Å²) < 4.78 is 10.7. The van der Waals surface area contributed by atoms with Crippen molar-refractivity contribution in [3.8, 4) is 5.75 Å². The molecule has 0 saturated carbocycles. The van der Waals surface area contributed by atoms with Crippen molar-refractivity contribution in [3.05, 3.63) is 29.3 Å². The third kappa shape index (κ3) is 8.17. The molecule has 1 aromatic carbocycles. The van der Waals surface area contributed by atoms with E-state index in [0.717, 1.165) is 69.4 Å². The average molecular weight is 391 g/mol. The smallest absolute Gasteiger partial charge is 0.409 e. The number of benzene rings is 1. The number of hydrogen-bond acceptors (Lipinski definition) is 4. The summed E-state index contributed by atoms with van der Waals surface area (Å²) >= 11 is 5.84. The van der Waals surface area contributed by atoms with Gasteiger partial charge in [0, 0.05) is 31.2 Å². The summed E-state index contributed by atoms with van der Waals surface area (Å²) in [6, 6.07) is 7.47.